The van der Waals surface area contributed by atoms with Crippen LogP contribution in [0, 0.1) is 5.82 Å². The van der Waals surface area contributed by atoms with Crippen LogP contribution in [0.25, 0.3) is 0 Å². The molecule has 242 valence electrons. The topological polar surface area (TPSA) is 26.8 Å². The van der Waals surface area contributed by atoms with Crippen LogP contribution in [0.4, 0.5) is 4.39 Å². The maximum absolute atomic E-state index is 14.5. The van der Waals surface area contributed by atoms with Crippen molar-refractivity contribution in [2.45, 2.75) is 70.4 Å². The van der Waals surface area contributed by atoms with Crippen molar-refractivity contribution in [1.29, 1.82) is 0 Å². The lowest BCUT2D eigenvalue weighted by Crippen LogP contribution is -2.47. The van der Waals surface area contributed by atoms with Gasteiger partial charge < -0.3 is 14.7 Å². The third-order valence-corrected chi connectivity index (χ3v) is 11.3. The number of rotatable bonds is 7. The molecule has 3 aliphatic rings. The molecule has 5 rings (SSSR count). The number of carbonyl (C=O) groups excluding carboxylic acids is 1. The SMILES string of the molecule is O=C(Cc1c(F)cccc1Cl)N1CC[C@@](CCN2CCC(N3CCCCC3)CC2)(c2ccc(C(Cl)(Cl)Cl)c(C(Cl)(Cl)Cl)c2)C1. The smallest absolute Gasteiger partial charge is 0.227 e. The first kappa shape index (κ1) is 35.1. The van der Waals surface area contributed by atoms with Crippen LogP contribution in [-0.4, -0.2) is 72.5 Å². The van der Waals surface area contributed by atoms with Crippen molar-refractivity contribution in [3.05, 3.63) is 69.5 Å². The van der Waals surface area contributed by atoms with Gasteiger partial charge in [0, 0.05) is 46.3 Å². The van der Waals surface area contributed by atoms with Crippen molar-refractivity contribution in [1.82, 2.24) is 14.7 Å². The lowest BCUT2D eigenvalue weighted by Gasteiger charge is -2.41. The van der Waals surface area contributed by atoms with Gasteiger partial charge in [0.2, 0.25) is 13.5 Å². The zero-order chi connectivity index (χ0) is 31.7. The Morgan fingerprint density at radius 1 is 0.886 bits per heavy atom. The summed E-state index contributed by atoms with van der Waals surface area (Å²) in [4.78, 5) is 20.5. The van der Waals surface area contributed by atoms with E-state index in [-0.39, 0.29) is 22.9 Å². The minimum atomic E-state index is -1.83. The van der Waals surface area contributed by atoms with Gasteiger partial charge in [0.1, 0.15) is 5.82 Å². The van der Waals surface area contributed by atoms with E-state index in [1.54, 1.807) is 17.0 Å². The number of amides is 1. The molecule has 3 fully saturated rings. The molecule has 12 heteroatoms. The van der Waals surface area contributed by atoms with Gasteiger partial charge in [-0.05, 0) is 88.9 Å². The molecule has 44 heavy (non-hydrogen) atoms. The van der Waals surface area contributed by atoms with Crippen molar-refractivity contribution in [2.75, 3.05) is 45.8 Å². The molecule has 1 atom stereocenters. The number of piperidine rings is 2. The highest BCUT2D eigenvalue weighted by molar-refractivity contribution is 6.69. The lowest BCUT2D eigenvalue weighted by molar-refractivity contribution is -0.129. The van der Waals surface area contributed by atoms with Crippen LogP contribution in [-0.2, 0) is 24.2 Å². The van der Waals surface area contributed by atoms with Gasteiger partial charge in [-0.3, -0.25) is 4.79 Å². The molecule has 0 N–H and O–H groups in total. The fourth-order valence-electron chi connectivity index (χ4n) is 7.15. The quantitative estimate of drug-likeness (QED) is 0.265. The summed E-state index contributed by atoms with van der Waals surface area (Å²) in [5.74, 6) is -0.667. The molecule has 0 saturated carbocycles. The van der Waals surface area contributed by atoms with Gasteiger partial charge in [-0.1, -0.05) is 112 Å². The third kappa shape index (κ3) is 8.25. The molecule has 2 aromatic carbocycles. The van der Waals surface area contributed by atoms with Crippen molar-refractivity contribution in [3.63, 3.8) is 0 Å². The standard InChI is InChI=1S/C32H37Cl7FN3O/c33-27-5-4-6-28(40)24(27)20-29(44)43-18-12-30(21-43,22-7-8-25(31(34,35)36)26(19-22)32(37,38)39)11-17-41-15-9-23(10-16-41)42-13-2-1-3-14-42/h4-8,19,23H,1-3,9-18,20-21H2/t30-/m1/s1. The van der Waals surface area contributed by atoms with E-state index in [2.05, 4.69) is 9.80 Å². The van der Waals surface area contributed by atoms with Gasteiger partial charge in [-0.25, -0.2) is 4.39 Å². The number of likely N-dealkylation sites (tertiary alicyclic amines) is 3. The molecule has 3 aliphatic heterocycles. The molecular weight excluding hydrogens is 710 g/mol. The van der Waals surface area contributed by atoms with E-state index in [0.29, 0.717) is 36.7 Å². The first-order valence-electron chi connectivity index (χ1n) is 15.2. The molecule has 3 heterocycles. The fraction of sp³-hybridized carbons (Fsp3) is 0.594. The minimum absolute atomic E-state index is 0.114. The number of benzene rings is 2. The molecule has 0 unspecified atom stereocenters. The Hall–Kier alpha value is -0.210. The highest BCUT2D eigenvalue weighted by atomic mass is 35.6. The van der Waals surface area contributed by atoms with Crippen LogP contribution in [0.2, 0.25) is 5.02 Å². The summed E-state index contributed by atoms with van der Waals surface area (Å²) in [6.07, 6.45) is 7.64. The summed E-state index contributed by atoms with van der Waals surface area (Å²) in [6.45, 7) is 6.32. The second-order valence-corrected chi connectivity index (χ2v) is 17.4. The predicted octanol–water partition coefficient (Wildman–Crippen LogP) is 9.19. The third-order valence-electron chi connectivity index (χ3n) is 9.71. The average Bonchev–Trinajstić information content (AvgIpc) is 3.43. The molecule has 0 radical (unpaired) electrons. The first-order valence-corrected chi connectivity index (χ1v) is 17.9. The van der Waals surface area contributed by atoms with Crippen molar-refractivity contribution in [2.24, 2.45) is 0 Å². The summed E-state index contributed by atoms with van der Waals surface area (Å²) < 4.78 is 10.9. The van der Waals surface area contributed by atoms with E-state index < -0.39 is 18.8 Å². The average molecular weight is 747 g/mol. The predicted molar refractivity (Wildman–Crippen MR) is 182 cm³/mol. The lowest BCUT2D eigenvalue weighted by atomic mass is 9.75. The van der Waals surface area contributed by atoms with Gasteiger partial charge in [0.25, 0.3) is 0 Å². The minimum Gasteiger partial charge on any atom is -0.341 e. The molecule has 0 aliphatic carbocycles. The van der Waals surface area contributed by atoms with Crippen molar-refractivity contribution in [3.8, 4) is 0 Å². The summed E-state index contributed by atoms with van der Waals surface area (Å²) in [7, 11) is 0. The Bertz CT molecular complexity index is 1300. The Morgan fingerprint density at radius 2 is 1.57 bits per heavy atom. The zero-order valence-electron chi connectivity index (χ0n) is 24.4. The number of hydrogen-bond donors (Lipinski definition) is 0. The number of nitrogens with zero attached hydrogens (tertiary/aromatic N) is 3. The monoisotopic (exact) mass is 743 g/mol. The maximum Gasteiger partial charge on any atom is 0.227 e. The van der Waals surface area contributed by atoms with Crippen LogP contribution in [0.15, 0.2) is 36.4 Å². The van der Waals surface area contributed by atoms with Gasteiger partial charge in [0.05, 0.1) is 6.42 Å². The van der Waals surface area contributed by atoms with Crippen molar-refractivity contribution < 1.29 is 9.18 Å². The Morgan fingerprint density at radius 3 is 2.20 bits per heavy atom. The molecule has 2 aromatic rings. The summed E-state index contributed by atoms with van der Waals surface area (Å²) in [5.41, 5.74) is 1.28. The Balaban J connectivity index is 1.37. The van der Waals surface area contributed by atoms with Crippen LogP contribution in [0.1, 0.15) is 67.2 Å². The first-order chi connectivity index (χ1) is 20.8. The maximum atomic E-state index is 14.5. The van der Waals surface area contributed by atoms with Gasteiger partial charge >= 0.3 is 0 Å². The zero-order valence-corrected chi connectivity index (χ0v) is 29.7. The summed E-state index contributed by atoms with van der Waals surface area (Å²) >= 11 is 44.2. The molecular formula is C32H37Cl7FN3O. The van der Waals surface area contributed by atoms with Crippen LogP contribution in [0.3, 0.4) is 0 Å². The Labute approximate surface area is 294 Å². The van der Waals surface area contributed by atoms with Crippen molar-refractivity contribution >= 4 is 87.1 Å². The van der Waals surface area contributed by atoms with Gasteiger partial charge in [0.15, 0.2) is 0 Å². The number of hydrogen-bond acceptors (Lipinski definition) is 3. The highest BCUT2D eigenvalue weighted by Crippen LogP contribution is 2.50. The molecule has 0 spiro atoms. The second kappa shape index (κ2) is 14.5. The molecule has 4 nitrogen and oxygen atoms in total. The van der Waals surface area contributed by atoms with Gasteiger partial charge in [-0.2, -0.15) is 0 Å². The molecule has 0 aromatic heterocycles. The number of carbonyl (C=O) groups is 1. The summed E-state index contributed by atoms with van der Waals surface area (Å²) in [6, 6.07) is 10.5. The molecule has 3 saturated heterocycles. The normalized spacial score (nSPS) is 23.0. The highest BCUT2D eigenvalue weighted by Gasteiger charge is 2.44. The van der Waals surface area contributed by atoms with Gasteiger partial charge in [-0.15, -0.1) is 0 Å². The van der Waals surface area contributed by atoms with E-state index in [4.69, 9.17) is 81.2 Å². The number of alkyl halides is 6. The van der Waals surface area contributed by atoms with E-state index in [0.717, 1.165) is 44.5 Å². The molecule has 1 amide bonds. The Kier molecular flexibility index (Phi) is 11.6. The largest absolute Gasteiger partial charge is 0.341 e. The molecule has 0 bridgehead atoms. The number of halogens is 8. The summed E-state index contributed by atoms with van der Waals surface area (Å²) in [5, 5.41) is 0.242. The van der Waals surface area contributed by atoms with Crippen LogP contribution >= 0.6 is 81.2 Å². The van der Waals surface area contributed by atoms with Crippen LogP contribution in [0.5, 0.6) is 0 Å². The van der Waals surface area contributed by atoms with E-state index in [1.165, 1.54) is 44.5 Å². The van der Waals surface area contributed by atoms with E-state index in [9.17, 15) is 9.18 Å². The fourth-order valence-corrected chi connectivity index (χ4v) is 8.35. The van der Waals surface area contributed by atoms with Crippen LogP contribution < -0.4 is 0 Å². The van der Waals surface area contributed by atoms with E-state index >= 15 is 0 Å². The second-order valence-electron chi connectivity index (χ2n) is 12.4. The van der Waals surface area contributed by atoms with E-state index in [1.807, 2.05) is 12.1 Å².